The first-order valence-electron chi connectivity index (χ1n) is 5.44. The van der Waals surface area contributed by atoms with Gasteiger partial charge < -0.3 is 10.4 Å². The number of carbonyl (C=O) groups excluding carboxylic acids is 1. The molecule has 5 nitrogen and oxygen atoms in total. The van der Waals surface area contributed by atoms with E-state index in [1.165, 1.54) is 0 Å². The lowest BCUT2D eigenvalue weighted by Crippen LogP contribution is -2.13. The predicted molar refractivity (Wildman–Crippen MR) is 64.0 cm³/mol. The number of amides is 1. The number of carbonyl (C=O) groups is 1. The third-order valence-corrected chi connectivity index (χ3v) is 2.54. The second-order valence-corrected chi connectivity index (χ2v) is 3.74. The van der Waals surface area contributed by atoms with Crippen LogP contribution in [0.4, 0.5) is 10.2 Å². The molecular weight excluding hydrogens is 237 g/mol. The molecule has 2 rings (SSSR count). The number of nitrogens with zero attached hydrogens (tertiary/aromatic N) is 1. The zero-order valence-corrected chi connectivity index (χ0v) is 9.70. The van der Waals surface area contributed by atoms with Gasteiger partial charge in [-0.25, -0.2) is 4.39 Å². The van der Waals surface area contributed by atoms with Crippen LogP contribution in [-0.2, 0) is 6.42 Å². The lowest BCUT2D eigenvalue weighted by Gasteiger charge is -2.06. The minimum Gasteiger partial charge on any atom is -0.507 e. The van der Waals surface area contributed by atoms with Gasteiger partial charge in [0.05, 0.1) is 11.8 Å². The van der Waals surface area contributed by atoms with Crippen molar-refractivity contribution in [2.24, 2.45) is 0 Å². The van der Waals surface area contributed by atoms with Crippen molar-refractivity contribution in [3.63, 3.8) is 0 Å². The number of phenols is 1. The molecule has 0 atom stereocenters. The van der Waals surface area contributed by atoms with Crippen molar-refractivity contribution in [2.45, 2.75) is 13.3 Å². The van der Waals surface area contributed by atoms with Crippen LogP contribution in [0.15, 0.2) is 24.4 Å². The monoisotopic (exact) mass is 249 g/mol. The molecule has 94 valence electrons. The van der Waals surface area contributed by atoms with Gasteiger partial charge >= 0.3 is 0 Å². The minimum absolute atomic E-state index is 0.119. The lowest BCUT2D eigenvalue weighted by molar-refractivity contribution is 0.102. The van der Waals surface area contributed by atoms with Gasteiger partial charge in [-0.1, -0.05) is 6.92 Å². The number of halogens is 1. The summed E-state index contributed by atoms with van der Waals surface area (Å²) in [7, 11) is 0. The van der Waals surface area contributed by atoms with E-state index >= 15 is 0 Å². The molecule has 1 heterocycles. The molecule has 0 bridgehead atoms. The molecule has 0 aliphatic carbocycles. The number of phenolic OH excluding ortho intramolecular Hbond substituents is 1. The average molecular weight is 249 g/mol. The highest BCUT2D eigenvalue weighted by Crippen LogP contribution is 2.20. The van der Waals surface area contributed by atoms with Crippen LogP contribution in [0.25, 0.3) is 0 Å². The molecular formula is C12H12FN3O2. The Balaban J connectivity index is 2.25. The second kappa shape index (κ2) is 4.87. The number of aromatic hydroxyl groups is 1. The van der Waals surface area contributed by atoms with E-state index in [1.54, 1.807) is 6.20 Å². The molecule has 0 aliphatic heterocycles. The van der Waals surface area contributed by atoms with E-state index in [4.69, 9.17) is 0 Å². The molecule has 2 aromatic rings. The standard InChI is InChI=1S/C12H12FN3O2/c1-2-7-6-14-16-11(7)15-12(18)9-5-8(13)3-4-10(9)17/h3-6,17H,2H2,1H3,(H2,14,15,16,18). The zero-order valence-electron chi connectivity index (χ0n) is 9.70. The highest BCUT2D eigenvalue weighted by atomic mass is 19.1. The van der Waals surface area contributed by atoms with Crippen molar-refractivity contribution in [1.82, 2.24) is 10.2 Å². The van der Waals surface area contributed by atoms with Gasteiger partial charge in [-0.15, -0.1) is 0 Å². The van der Waals surface area contributed by atoms with Crippen LogP contribution in [0.1, 0.15) is 22.8 Å². The molecule has 0 saturated carbocycles. The van der Waals surface area contributed by atoms with E-state index in [2.05, 4.69) is 15.5 Å². The van der Waals surface area contributed by atoms with Crippen molar-refractivity contribution in [2.75, 3.05) is 5.32 Å². The fourth-order valence-corrected chi connectivity index (χ4v) is 1.56. The van der Waals surface area contributed by atoms with Crippen molar-refractivity contribution >= 4 is 11.7 Å². The fourth-order valence-electron chi connectivity index (χ4n) is 1.56. The maximum absolute atomic E-state index is 13.0. The average Bonchev–Trinajstić information content (AvgIpc) is 2.79. The van der Waals surface area contributed by atoms with Crippen LogP contribution in [0.2, 0.25) is 0 Å². The topological polar surface area (TPSA) is 78.0 Å². The second-order valence-electron chi connectivity index (χ2n) is 3.74. The van der Waals surface area contributed by atoms with E-state index in [1.807, 2.05) is 6.92 Å². The molecule has 0 unspecified atom stereocenters. The van der Waals surface area contributed by atoms with Crippen LogP contribution < -0.4 is 5.32 Å². The molecule has 0 radical (unpaired) electrons. The first-order valence-corrected chi connectivity index (χ1v) is 5.44. The molecule has 0 aliphatic rings. The summed E-state index contributed by atoms with van der Waals surface area (Å²) in [6, 6.07) is 3.20. The molecule has 1 amide bonds. The summed E-state index contributed by atoms with van der Waals surface area (Å²) in [5, 5.41) is 18.5. The number of hydrogen-bond donors (Lipinski definition) is 3. The molecule has 1 aromatic heterocycles. The Labute approximate surface area is 103 Å². The zero-order chi connectivity index (χ0) is 13.1. The summed E-state index contributed by atoms with van der Waals surface area (Å²) in [5.41, 5.74) is 0.714. The first-order chi connectivity index (χ1) is 8.61. The van der Waals surface area contributed by atoms with Gasteiger partial charge in [-0.2, -0.15) is 5.10 Å². The quantitative estimate of drug-likeness (QED) is 0.779. The van der Waals surface area contributed by atoms with Crippen molar-refractivity contribution in [1.29, 1.82) is 0 Å². The van der Waals surface area contributed by atoms with Gasteiger partial charge in [0.25, 0.3) is 5.91 Å². The smallest absolute Gasteiger partial charge is 0.260 e. The first kappa shape index (κ1) is 12.1. The molecule has 18 heavy (non-hydrogen) atoms. The summed E-state index contributed by atoms with van der Waals surface area (Å²) in [6.07, 6.45) is 2.29. The minimum atomic E-state index is -0.592. The molecule has 6 heteroatoms. The van der Waals surface area contributed by atoms with Crippen molar-refractivity contribution in [3.05, 3.63) is 41.3 Å². The Bertz CT molecular complexity index is 580. The normalized spacial score (nSPS) is 10.3. The number of aromatic nitrogens is 2. The number of anilines is 1. The number of nitrogens with one attached hydrogen (secondary N) is 2. The summed E-state index contributed by atoms with van der Waals surface area (Å²) in [6.45, 7) is 1.92. The van der Waals surface area contributed by atoms with Gasteiger partial charge in [-0.05, 0) is 24.6 Å². The number of aryl methyl sites for hydroxylation is 1. The molecule has 1 aromatic carbocycles. The number of rotatable bonds is 3. The maximum atomic E-state index is 13.0. The summed E-state index contributed by atoms with van der Waals surface area (Å²) >= 11 is 0. The van der Waals surface area contributed by atoms with Gasteiger partial charge in [0.1, 0.15) is 17.4 Å². The van der Waals surface area contributed by atoms with Crippen LogP contribution in [-0.4, -0.2) is 21.2 Å². The third kappa shape index (κ3) is 2.32. The summed E-state index contributed by atoms with van der Waals surface area (Å²) in [4.78, 5) is 11.9. The fraction of sp³-hybridized carbons (Fsp3) is 0.167. The van der Waals surface area contributed by atoms with E-state index < -0.39 is 11.7 Å². The van der Waals surface area contributed by atoms with E-state index in [-0.39, 0.29) is 11.3 Å². The number of benzene rings is 1. The molecule has 0 spiro atoms. The van der Waals surface area contributed by atoms with Crippen LogP contribution in [0, 0.1) is 5.82 Å². The Hall–Kier alpha value is -2.37. The Morgan fingerprint density at radius 1 is 1.56 bits per heavy atom. The van der Waals surface area contributed by atoms with Gasteiger partial charge in [0.2, 0.25) is 0 Å². The maximum Gasteiger partial charge on any atom is 0.260 e. The number of H-pyrrole nitrogens is 1. The molecule has 0 saturated heterocycles. The lowest BCUT2D eigenvalue weighted by atomic mass is 10.1. The van der Waals surface area contributed by atoms with E-state index in [0.717, 1.165) is 23.8 Å². The van der Waals surface area contributed by atoms with Crippen LogP contribution >= 0.6 is 0 Å². The van der Waals surface area contributed by atoms with E-state index in [0.29, 0.717) is 12.2 Å². The third-order valence-electron chi connectivity index (χ3n) is 2.54. The van der Waals surface area contributed by atoms with Crippen molar-refractivity contribution < 1.29 is 14.3 Å². The Morgan fingerprint density at radius 2 is 2.33 bits per heavy atom. The molecule has 0 fully saturated rings. The SMILES string of the molecule is CCc1cn[nH]c1NC(=O)c1cc(F)ccc1O. The Morgan fingerprint density at radius 3 is 3.06 bits per heavy atom. The number of hydrogen-bond acceptors (Lipinski definition) is 3. The van der Waals surface area contributed by atoms with Crippen molar-refractivity contribution in [3.8, 4) is 5.75 Å². The summed E-state index contributed by atoms with van der Waals surface area (Å²) in [5.74, 6) is -0.998. The highest BCUT2D eigenvalue weighted by Gasteiger charge is 2.14. The van der Waals surface area contributed by atoms with Gasteiger partial charge in [-0.3, -0.25) is 9.89 Å². The largest absolute Gasteiger partial charge is 0.507 e. The predicted octanol–water partition coefficient (Wildman–Crippen LogP) is 2.07. The van der Waals surface area contributed by atoms with Crippen LogP contribution in [0.5, 0.6) is 5.75 Å². The Kier molecular flexibility index (Phi) is 3.27. The molecule has 3 N–H and O–H groups in total. The highest BCUT2D eigenvalue weighted by molar-refractivity contribution is 6.05. The van der Waals surface area contributed by atoms with E-state index in [9.17, 15) is 14.3 Å². The summed E-state index contributed by atoms with van der Waals surface area (Å²) < 4.78 is 13.0. The van der Waals surface area contributed by atoms with Crippen LogP contribution in [0.3, 0.4) is 0 Å². The number of aromatic amines is 1. The van der Waals surface area contributed by atoms with Gasteiger partial charge in [0.15, 0.2) is 0 Å². The van der Waals surface area contributed by atoms with Gasteiger partial charge in [0, 0.05) is 5.56 Å².